The molecular formula is C10H12N4O3S. The highest BCUT2D eigenvalue weighted by molar-refractivity contribution is 7.89. The molecule has 1 heterocycles. The van der Waals surface area contributed by atoms with Crippen molar-refractivity contribution >= 4 is 15.7 Å². The Balaban J connectivity index is 2.20. The molecule has 0 amide bonds. The van der Waals surface area contributed by atoms with Crippen molar-refractivity contribution in [1.29, 1.82) is 0 Å². The lowest BCUT2D eigenvalue weighted by molar-refractivity contribution is 0.379. The van der Waals surface area contributed by atoms with E-state index in [9.17, 15) is 8.42 Å². The van der Waals surface area contributed by atoms with Crippen LogP contribution in [-0.4, -0.2) is 18.6 Å². The highest BCUT2D eigenvalue weighted by Crippen LogP contribution is 2.19. The van der Waals surface area contributed by atoms with Crippen LogP contribution in [0.2, 0.25) is 0 Å². The number of anilines is 1. The van der Waals surface area contributed by atoms with Gasteiger partial charge in [-0.3, -0.25) is 0 Å². The molecule has 0 unspecified atom stereocenters. The predicted octanol–water partition coefficient (Wildman–Crippen LogP) is 0.638. The molecule has 0 saturated carbocycles. The molecule has 0 saturated heterocycles. The summed E-state index contributed by atoms with van der Waals surface area (Å²) < 4.78 is 27.6. The van der Waals surface area contributed by atoms with Gasteiger partial charge in [0.05, 0.1) is 12.2 Å². The number of aryl methyl sites for hydroxylation is 1. The molecule has 0 spiro atoms. The van der Waals surface area contributed by atoms with E-state index >= 15 is 0 Å². The first-order chi connectivity index (χ1) is 8.47. The third-order valence-electron chi connectivity index (χ3n) is 2.19. The van der Waals surface area contributed by atoms with E-state index in [1.807, 2.05) is 0 Å². The molecule has 0 fully saturated rings. The van der Waals surface area contributed by atoms with E-state index in [-0.39, 0.29) is 11.4 Å². The monoisotopic (exact) mass is 268 g/mol. The molecule has 1 aromatic heterocycles. The number of nitrogens with zero attached hydrogens (tertiary/aromatic N) is 2. The van der Waals surface area contributed by atoms with E-state index in [1.54, 1.807) is 25.1 Å². The van der Waals surface area contributed by atoms with E-state index in [0.717, 1.165) is 0 Å². The zero-order valence-electron chi connectivity index (χ0n) is 9.62. The first-order valence-corrected chi connectivity index (χ1v) is 6.66. The second-order valence-electron chi connectivity index (χ2n) is 3.63. The standard InChI is InChI=1S/C10H12N4O3S/c1-7-13-10(17-14-7)6-12-8-4-2-3-5-9(8)18(11,15)16/h2-5,12H,6H2,1H3,(H2,11,15,16). The van der Waals surface area contributed by atoms with Crippen LogP contribution >= 0.6 is 0 Å². The molecule has 18 heavy (non-hydrogen) atoms. The van der Waals surface area contributed by atoms with Gasteiger partial charge in [-0.15, -0.1) is 0 Å². The fourth-order valence-corrected chi connectivity index (χ4v) is 2.16. The van der Waals surface area contributed by atoms with Gasteiger partial charge in [0.2, 0.25) is 15.9 Å². The van der Waals surface area contributed by atoms with Crippen LogP contribution in [0.4, 0.5) is 5.69 Å². The highest BCUT2D eigenvalue weighted by atomic mass is 32.2. The SMILES string of the molecule is Cc1noc(CNc2ccccc2S(N)(=O)=O)n1. The number of hydrogen-bond acceptors (Lipinski definition) is 6. The molecule has 0 aliphatic carbocycles. The largest absolute Gasteiger partial charge is 0.375 e. The summed E-state index contributed by atoms with van der Waals surface area (Å²) in [5, 5.41) is 11.6. The van der Waals surface area contributed by atoms with Gasteiger partial charge in [0.15, 0.2) is 5.82 Å². The smallest absolute Gasteiger partial charge is 0.245 e. The number of primary sulfonamides is 1. The third-order valence-corrected chi connectivity index (χ3v) is 3.16. The van der Waals surface area contributed by atoms with Crippen molar-refractivity contribution in [3.8, 4) is 0 Å². The Kier molecular flexibility index (Phi) is 3.30. The summed E-state index contributed by atoms with van der Waals surface area (Å²) in [6.07, 6.45) is 0. The van der Waals surface area contributed by atoms with Crippen LogP contribution in [0, 0.1) is 6.92 Å². The minimum atomic E-state index is -3.76. The number of aromatic nitrogens is 2. The molecule has 3 N–H and O–H groups in total. The van der Waals surface area contributed by atoms with Gasteiger partial charge in [0.1, 0.15) is 4.90 Å². The average Bonchev–Trinajstić information content (AvgIpc) is 2.72. The minimum absolute atomic E-state index is 0.0289. The van der Waals surface area contributed by atoms with Crippen LogP contribution in [0.1, 0.15) is 11.7 Å². The van der Waals surface area contributed by atoms with Gasteiger partial charge in [0.25, 0.3) is 0 Å². The highest BCUT2D eigenvalue weighted by Gasteiger charge is 2.13. The van der Waals surface area contributed by atoms with Crippen LogP contribution < -0.4 is 10.5 Å². The van der Waals surface area contributed by atoms with Gasteiger partial charge in [-0.25, -0.2) is 13.6 Å². The van der Waals surface area contributed by atoms with Crippen molar-refractivity contribution in [2.24, 2.45) is 5.14 Å². The Labute approximate surface area is 104 Å². The number of para-hydroxylation sites is 1. The number of benzene rings is 1. The van der Waals surface area contributed by atoms with Crippen LogP contribution in [-0.2, 0) is 16.6 Å². The summed E-state index contributed by atoms with van der Waals surface area (Å²) in [7, 11) is -3.76. The maximum atomic E-state index is 11.4. The van der Waals surface area contributed by atoms with Gasteiger partial charge >= 0.3 is 0 Å². The Morgan fingerprint density at radius 3 is 2.72 bits per heavy atom. The van der Waals surface area contributed by atoms with Crippen molar-refractivity contribution in [2.45, 2.75) is 18.4 Å². The van der Waals surface area contributed by atoms with Crippen LogP contribution in [0.5, 0.6) is 0 Å². The lowest BCUT2D eigenvalue weighted by atomic mass is 10.3. The maximum Gasteiger partial charge on any atom is 0.245 e. The normalized spacial score (nSPS) is 11.4. The lowest BCUT2D eigenvalue weighted by Crippen LogP contribution is -2.15. The molecular weight excluding hydrogens is 256 g/mol. The molecule has 0 aliphatic heterocycles. The summed E-state index contributed by atoms with van der Waals surface area (Å²) in [6, 6.07) is 6.34. The van der Waals surface area contributed by atoms with Crippen molar-refractivity contribution in [1.82, 2.24) is 10.1 Å². The summed E-state index contributed by atoms with van der Waals surface area (Å²) >= 11 is 0. The fourth-order valence-electron chi connectivity index (χ4n) is 1.44. The molecule has 7 nitrogen and oxygen atoms in total. The van der Waals surface area contributed by atoms with E-state index in [1.165, 1.54) is 6.07 Å². The van der Waals surface area contributed by atoms with Crippen molar-refractivity contribution in [3.05, 3.63) is 36.0 Å². The second-order valence-corrected chi connectivity index (χ2v) is 5.16. The average molecular weight is 268 g/mol. The van der Waals surface area contributed by atoms with Gasteiger partial charge in [-0.2, -0.15) is 4.98 Å². The van der Waals surface area contributed by atoms with E-state index < -0.39 is 10.0 Å². The molecule has 0 bridgehead atoms. The number of nitrogens with two attached hydrogens (primary N) is 1. The second kappa shape index (κ2) is 4.75. The van der Waals surface area contributed by atoms with Crippen LogP contribution in [0.3, 0.4) is 0 Å². The van der Waals surface area contributed by atoms with Crippen molar-refractivity contribution in [2.75, 3.05) is 5.32 Å². The zero-order valence-corrected chi connectivity index (χ0v) is 10.4. The van der Waals surface area contributed by atoms with Gasteiger partial charge in [-0.05, 0) is 19.1 Å². The summed E-state index contributed by atoms with van der Waals surface area (Å²) in [6.45, 7) is 1.93. The van der Waals surface area contributed by atoms with Crippen LogP contribution in [0.25, 0.3) is 0 Å². The number of hydrogen-bond donors (Lipinski definition) is 2. The van der Waals surface area contributed by atoms with Crippen molar-refractivity contribution in [3.63, 3.8) is 0 Å². The number of nitrogens with one attached hydrogen (secondary N) is 1. The Bertz CT molecular complexity index is 651. The van der Waals surface area contributed by atoms with E-state index in [4.69, 9.17) is 9.66 Å². The van der Waals surface area contributed by atoms with Gasteiger partial charge in [0, 0.05) is 0 Å². The fraction of sp³-hybridized carbons (Fsp3) is 0.200. The summed E-state index contributed by atoms with van der Waals surface area (Å²) in [5.74, 6) is 0.892. The Hall–Kier alpha value is -1.93. The van der Waals surface area contributed by atoms with Crippen molar-refractivity contribution < 1.29 is 12.9 Å². The molecule has 0 atom stereocenters. The molecule has 0 radical (unpaired) electrons. The molecule has 2 aromatic rings. The summed E-state index contributed by atoms with van der Waals surface area (Å²) in [5.41, 5.74) is 0.399. The molecule has 96 valence electrons. The first kappa shape index (κ1) is 12.5. The number of rotatable bonds is 4. The third kappa shape index (κ3) is 2.84. The topological polar surface area (TPSA) is 111 Å². The first-order valence-electron chi connectivity index (χ1n) is 5.12. The summed E-state index contributed by atoms with van der Waals surface area (Å²) in [4.78, 5) is 4.03. The Morgan fingerprint density at radius 2 is 2.11 bits per heavy atom. The predicted molar refractivity (Wildman–Crippen MR) is 64.2 cm³/mol. The molecule has 8 heteroatoms. The number of sulfonamides is 1. The quantitative estimate of drug-likeness (QED) is 0.841. The van der Waals surface area contributed by atoms with Gasteiger partial charge < -0.3 is 9.84 Å². The van der Waals surface area contributed by atoms with Gasteiger partial charge in [-0.1, -0.05) is 17.3 Å². The van der Waals surface area contributed by atoms with Crippen LogP contribution in [0.15, 0.2) is 33.7 Å². The van der Waals surface area contributed by atoms with E-state index in [2.05, 4.69) is 15.5 Å². The maximum absolute atomic E-state index is 11.4. The van der Waals surface area contributed by atoms with E-state index in [0.29, 0.717) is 17.4 Å². The molecule has 1 aromatic carbocycles. The lowest BCUT2D eigenvalue weighted by Gasteiger charge is -2.08. The zero-order chi connectivity index (χ0) is 13.2. The minimum Gasteiger partial charge on any atom is -0.375 e. The molecule has 0 aliphatic rings. The Morgan fingerprint density at radius 1 is 1.39 bits per heavy atom. The molecule has 2 rings (SSSR count).